The molecule has 0 spiro atoms. The summed E-state index contributed by atoms with van der Waals surface area (Å²) in [5.74, 6) is 0.239. The standard InChI is InChI=1S/C25H26ClN3O3/c1-3-32-25(31)22-16-23(18-4-8-20(26)9-5-18)29(27-22)21-10-6-19(7-11-21)24(30)28-14-12-17(2)13-15-28/h4-11,16-17H,3,12-15H2,1-2H3. The number of nitrogens with zero attached hydrogens (tertiary/aromatic N) is 3. The number of ether oxygens (including phenoxy) is 1. The van der Waals surface area contributed by atoms with E-state index >= 15 is 0 Å². The summed E-state index contributed by atoms with van der Waals surface area (Å²) >= 11 is 6.04. The third-order valence-electron chi connectivity index (χ3n) is 5.76. The number of likely N-dealkylation sites (tertiary alicyclic amines) is 1. The maximum absolute atomic E-state index is 12.9. The van der Waals surface area contributed by atoms with Crippen molar-refractivity contribution >= 4 is 23.5 Å². The van der Waals surface area contributed by atoms with Gasteiger partial charge >= 0.3 is 5.97 Å². The van der Waals surface area contributed by atoms with E-state index in [1.165, 1.54) is 0 Å². The number of piperidine rings is 1. The van der Waals surface area contributed by atoms with Crippen LogP contribution in [0.2, 0.25) is 5.02 Å². The van der Waals surface area contributed by atoms with E-state index in [0.29, 0.717) is 16.5 Å². The van der Waals surface area contributed by atoms with Crippen LogP contribution in [-0.4, -0.2) is 46.3 Å². The Balaban J connectivity index is 1.65. The number of aromatic nitrogens is 2. The first-order valence-corrected chi connectivity index (χ1v) is 11.3. The van der Waals surface area contributed by atoms with Crippen LogP contribution in [0.5, 0.6) is 0 Å². The van der Waals surface area contributed by atoms with Crippen LogP contribution in [-0.2, 0) is 4.74 Å². The lowest BCUT2D eigenvalue weighted by molar-refractivity contribution is 0.0518. The monoisotopic (exact) mass is 451 g/mol. The van der Waals surface area contributed by atoms with Gasteiger partial charge in [-0.3, -0.25) is 4.79 Å². The van der Waals surface area contributed by atoms with Gasteiger partial charge in [0.15, 0.2) is 5.69 Å². The Morgan fingerprint density at radius 2 is 1.72 bits per heavy atom. The number of carbonyl (C=O) groups excluding carboxylic acids is 2. The van der Waals surface area contributed by atoms with Crippen molar-refractivity contribution in [1.82, 2.24) is 14.7 Å². The molecule has 1 fully saturated rings. The summed E-state index contributed by atoms with van der Waals surface area (Å²) in [6.07, 6.45) is 2.08. The first kappa shape index (κ1) is 22.1. The van der Waals surface area contributed by atoms with Crippen LogP contribution in [0.1, 0.15) is 47.5 Å². The highest BCUT2D eigenvalue weighted by atomic mass is 35.5. The average Bonchev–Trinajstić information content (AvgIpc) is 3.25. The maximum atomic E-state index is 12.9. The zero-order valence-corrected chi connectivity index (χ0v) is 19.0. The van der Waals surface area contributed by atoms with Gasteiger partial charge in [-0.1, -0.05) is 30.7 Å². The van der Waals surface area contributed by atoms with Gasteiger partial charge < -0.3 is 9.64 Å². The van der Waals surface area contributed by atoms with Gasteiger partial charge in [-0.25, -0.2) is 9.48 Å². The number of hydrogen-bond donors (Lipinski definition) is 0. The van der Waals surface area contributed by atoms with Gasteiger partial charge in [0, 0.05) is 29.2 Å². The van der Waals surface area contributed by atoms with E-state index in [4.69, 9.17) is 16.3 Å². The zero-order chi connectivity index (χ0) is 22.7. The molecule has 3 aromatic rings. The molecule has 2 aromatic carbocycles. The Morgan fingerprint density at radius 1 is 1.06 bits per heavy atom. The van der Waals surface area contributed by atoms with E-state index in [2.05, 4.69) is 12.0 Å². The first-order chi connectivity index (χ1) is 15.5. The summed E-state index contributed by atoms with van der Waals surface area (Å²) in [6.45, 7) is 5.85. The van der Waals surface area contributed by atoms with E-state index in [-0.39, 0.29) is 18.2 Å². The van der Waals surface area contributed by atoms with Crippen LogP contribution in [0.25, 0.3) is 16.9 Å². The Labute approximate surface area is 192 Å². The number of hydrogen-bond acceptors (Lipinski definition) is 4. The Morgan fingerprint density at radius 3 is 2.34 bits per heavy atom. The van der Waals surface area contributed by atoms with Crippen LogP contribution in [0.15, 0.2) is 54.6 Å². The number of benzene rings is 2. The first-order valence-electron chi connectivity index (χ1n) is 10.9. The van der Waals surface area contributed by atoms with Crippen LogP contribution in [0.3, 0.4) is 0 Å². The topological polar surface area (TPSA) is 64.4 Å². The molecule has 0 aliphatic carbocycles. The third kappa shape index (κ3) is 4.70. The molecule has 1 aliphatic heterocycles. The van der Waals surface area contributed by atoms with Crippen molar-refractivity contribution in [3.05, 3.63) is 70.9 Å². The van der Waals surface area contributed by atoms with Gasteiger partial charge in [-0.05, 0) is 68.1 Å². The second-order valence-electron chi connectivity index (χ2n) is 8.08. The third-order valence-corrected chi connectivity index (χ3v) is 6.02. The number of rotatable bonds is 5. The lowest BCUT2D eigenvalue weighted by Gasteiger charge is -2.30. The molecule has 166 valence electrons. The number of halogens is 1. The van der Waals surface area contributed by atoms with Gasteiger partial charge in [-0.2, -0.15) is 5.10 Å². The molecule has 0 N–H and O–H groups in total. The number of amides is 1. The summed E-state index contributed by atoms with van der Waals surface area (Å²) in [7, 11) is 0. The molecular formula is C25H26ClN3O3. The van der Waals surface area contributed by atoms with Crippen molar-refractivity contribution in [2.24, 2.45) is 5.92 Å². The molecule has 1 amide bonds. The average molecular weight is 452 g/mol. The van der Waals surface area contributed by atoms with Gasteiger partial charge in [0.2, 0.25) is 0 Å². The van der Waals surface area contributed by atoms with Crippen LogP contribution < -0.4 is 0 Å². The highest BCUT2D eigenvalue weighted by Gasteiger charge is 2.22. The minimum atomic E-state index is -0.479. The fourth-order valence-corrected chi connectivity index (χ4v) is 3.97. The molecule has 32 heavy (non-hydrogen) atoms. The van der Waals surface area contributed by atoms with Crippen LogP contribution >= 0.6 is 11.6 Å². The minimum Gasteiger partial charge on any atom is -0.461 e. The second-order valence-corrected chi connectivity index (χ2v) is 8.51. The molecule has 2 heterocycles. The molecule has 0 atom stereocenters. The van der Waals surface area contributed by atoms with Crippen molar-refractivity contribution in [3.63, 3.8) is 0 Å². The van der Waals surface area contributed by atoms with E-state index in [9.17, 15) is 9.59 Å². The van der Waals surface area contributed by atoms with Gasteiger partial charge in [-0.15, -0.1) is 0 Å². The van der Waals surface area contributed by atoms with E-state index < -0.39 is 5.97 Å². The second kappa shape index (κ2) is 9.57. The van der Waals surface area contributed by atoms with Crippen molar-refractivity contribution in [2.75, 3.05) is 19.7 Å². The van der Waals surface area contributed by atoms with Crippen molar-refractivity contribution in [3.8, 4) is 16.9 Å². The quantitative estimate of drug-likeness (QED) is 0.497. The molecule has 6 nitrogen and oxygen atoms in total. The molecular weight excluding hydrogens is 426 g/mol. The Hall–Kier alpha value is -3.12. The number of esters is 1. The molecule has 1 aromatic heterocycles. The normalized spacial score (nSPS) is 14.4. The highest BCUT2D eigenvalue weighted by molar-refractivity contribution is 6.30. The van der Waals surface area contributed by atoms with Gasteiger partial charge in [0.25, 0.3) is 5.91 Å². The van der Waals surface area contributed by atoms with E-state index in [1.54, 1.807) is 29.8 Å². The van der Waals surface area contributed by atoms with E-state index in [1.807, 2.05) is 41.3 Å². The molecule has 7 heteroatoms. The summed E-state index contributed by atoms with van der Waals surface area (Å²) in [5.41, 5.74) is 3.21. The highest BCUT2D eigenvalue weighted by Crippen LogP contribution is 2.26. The maximum Gasteiger partial charge on any atom is 0.358 e. The predicted molar refractivity (Wildman–Crippen MR) is 124 cm³/mol. The fraction of sp³-hybridized carbons (Fsp3) is 0.320. The fourth-order valence-electron chi connectivity index (χ4n) is 3.85. The van der Waals surface area contributed by atoms with Crippen LogP contribution in [0.4, 0.5) is 0 Å². The smallest absolute Gasteiger partial charge is 0.358 e. The molecule has 0 bridgehead atoms. The molecule has 0 radical (unpaired) electrons. The Kier molecular flexibility index (Phi) is 6.61. The largest absolute Gasteiger partial charge is 0.461 e. The lowest BCUT2D eigenvalue weighted by atomic mass is 9.98. The predicted octanol–water partition coefficient (Wildman–Crippen LogP) is 5.24. The summed E-state index contributed by atoms with van der Waals surface area (Å²) in [5, 5.41) is 5.11. The molecule has 4 rings (SSSR count). The SMILES string of the molecule is CCOC(=O)c1cc(-c2ccc(Cl)cc2)n(-c2ccc(C(=O)N3CCC(C)CC3)cc2)n1. The Bertz CT molecular complexity index is 1100. The lowest BCUT2D eigenvalue weighted by Crippen LogP contribution is -2.37. The number of carbonyl (C=O) groups is 2. The molecule has 1 aliphatic rings. The van der Waals surface area contributed by atoms with Gasteiger partial charge in [0.05, 0.1) is 18.0 Å². The van der Waals surface area contributed by atoms with Crippen molar-refractivity contribution in [2.45, 2.75) is 26.7 Å². The van der Waals surface area contributed by atoms with Crippen molar-refractivity contribution < 1.29 is 14.3 Å². The molecule has 0 unspecified atom stereocenters. The zero-order valence-electron chi connectivity index (χ0n) is 18.3. The molecule has 1 saturated heterocycles. The molecule has 0 saturated carbocycles. The summed E-state index contributed by atoms with van der Waals surface area (Å²) in [6, 6.07) is 16.4. The minimum absolute atomic E-state index is 0.0500. The van der Waals surface area contributed by atoms with Crippen LogP contribution in [0, 0.1) is 5.92 Å². The van der Waals surface area contributed by atoms with Crippen molar-refractivity contribution in [1.29, 1.82) is 0 Å². The van der Waals surface area contributed by atoms with E-state index in [0.717, 1.165) is 42.9 Å². The summed E-state index contributed by atoms with van der Waals surface area (Å²) in [4.78, 5) is 27.1. The van der Waals surface area contributed by atoms with Gasteiger partial charge in [0.1, 0.15) is 0 Å². The summed E-state index contributed by atoms with van der Waals surface area (Å²) < 4.78 is 6.81.